The van der Waals surface area contributed by atoms with E-state index in [0.29, 0.717) is 18.1 Å². The SMILES string of the molecule is CC(C)COc1ccc(C(C)NCC2CCCCO2)cc1. The molecule has 1 aromatic carbocycles. The van der Waals surface area contributed by atoms with E-state index in [1.165, 1.54) is 24.8 Å². The van der Waals surface area contributed by atoms with Crippen LogP contribution in [0.25, 0.3) is 0 Å². The minimum atomic E-state index is 0.342. The summed E-state index contributed by atoms with van der Waals surface area (Å²) in [6.45, 7) is 9.15. The Morgan fingerprint density at radius 2 is 1.95 bits per heavy atom. The average molecular weight is 291 g/mol. The van der Waals surface area contributed by atoms with Crippen molar-refractivity contribution in [1.29, 1.82) is 0 Å². The van der Waals surface area contributed by atoms with Gasteiger partial charge in [-0.1, -0.05) is 26.0 Å². The number of hydrogen-bond donors (Lipinski definition) is 1. The predicted molar refractivity (Wildman–Crippen MR) is 86.8 cm³/mol. The predicted octanol–water partition coefficient (Wildman–Crippen LogP) is 3.94. The molecule has 0 amide bonds. The normalized spacial score (nSPS) is 20.5. The molecule has 118 valence electrons. The lowest BCUT2D eigenvalue weighted by atomic mass is 10.1. The number of rotatable bonds is 7. The minimum absolute atomic E-state index is 0.342. The maximum absolute atomic E-state index is 5.76. The number of benzene rings is 1. The van der Waals surface area contributed by atoms with Gasteiger partial charge in [-0.15, -0.1) is 0 Å². The van der Waals surface area contributed by atoms with Crippen LogP contribution in [0.2, 0.25) is 0 Å². The first-order chi connectivity index (χ1) is 10.1. The first-order valence-corrected chi connectivity index (χ1v) is 8.23. The Morgan fingerprint density at radius 1 is 1.19 bits per heavy atom. The molecule has 1 fully saturated rings. The third kappa shape index (κ3) is 5.68. The Balaban J connectivity index is 1.77. The zero-order valence-electron chi connectivity index (χ0n) is 13.6. The van der Waals surface area contributed by atoms with Crippen LogP contribution in [0, 0.1) is 5.92 Å². The van der Waals surface area contributed by atoms with Crippen molar-refractivity contribution >= 4 is 0 Å². The molecule has 1 N–H and O–H groups in total. The van der Waals surface area contributed by atoms with Crippen LogP contribution >= 0.6 is 0 Å². The van der Waals surface area contributed by atoms with Crippen molar-refractivity contribution in [3.05, 3.63) is 29.8 Å². The van der Waals surface area contributed by atoms with E-state index in [1.807, 2.05) is 0 Å². The number of ether oxygens (including phenoxy) is 2. The van der Waals surface area contributed by atoms with E-state index < -0.39 is 0 Å². The molecule has 2 unspecified atom stereocenters. The second-order valence-corrected chi connectivity index (χ2v) is 6.39. The van der Waals surface area contributed by atoms with Crippen LogP contribution in [0.1, 0.15) is 51.6 Å². The summed E-state index contributed by atoms with van der Waals surface area (Å²) >= 11 is 0. The fourth-order valence-electron chi connectivity index (χ4n) is 2.51. The molecule has 2 rings (SSSR count). The lowest BCUT2D eigenvalue weighted by Crippen LogP contribution is -2.33. The maximum atomic E-state index is 5.76. The second-order valence-electron chi connectivity index (χ2n) is 6.39. The first kappa shape index (κ1) is 16.3. The highest BCUT2D eigenvalue weighted by atomic mass is 16.5. The lowest BCUT2D eigenvalue weighted by molar-refractivity contribution is 0.0156. The van der Waals surface area contributed by atoms with Crippen molar-refractivity contribution in [3.8, 4) is 5.75 Å². The number of hydrogen-bond acceptors (Lipinski definition) is 3. The van der Waals surface area contributed by atoms with E-state index in [9.17, 15) is 0 Å². The summed E-state index contributed by atoms with van der Waals surface area (Å²) in [4.78, 5) is 0. The maximum Gasteiger partial charge on any atom is 0.119 e. The molecule has 1 heterocycles. The molecular weight excluding hydrogens is 262 g/mol. The molecule has 2 atom stereocenters. The van der Waals surface area contributed by atoms with Gasteiger partial charge in [-0.05, 0) is 49.8 Å². The van der Waals surface area contributed by atoms with Gasteiger partial charge in [0, 0.05) is 19.2 Å². The van der Waals surface area contributed by atoms with E-state index in [-0.39, 0.29) is 0 Å². The van der Waals surface area contributed by atoms with Crippen LogP contribution in [0.4, 0.5) is 0 Å². The van der Waals surface area contributed by atoms with Gasteiger partial charge in [-0.3, -0.25) is 0 Å². The molecule has 1 aliphatic rings. The molecule has 1 saturated heterocycles. The lowest BCUT2D eigenvalue weighted by Gasteiger charge is -2.25. The smallest absolute Gasteiger partial charge is 0.119 e. The highest BCUT2D eigenvalue weighted by molar-refractivity contribution is 5.28. The summed E-state index contributed by atoms with van der Waals surface area (Å²) in [7, 11) is 0. The largest absolute Gasteiger partial charge is 0.493 e. The van der Waals surface area contributed by atoms with E-state index in [4.69, 9.17) is 9.47 Å². The van der Waals surface area contributed by atoms with E-state index in [2.05, 4.69) is 50.4 Å². The Bertz CT molecular complexity index is 396. The molecule has 1 aliphatic heterocycles. The van der Waals surface area contributed by atoms with Gasteiger partial charge in [0.15, 0.2) is 0 Å². The zero-order valence-corrected chi connectivity index (χ0v) is 13.6. The van der Waals surface area contributed by atoms with Crippen molar-refractivity contribution in [3.63, 3.8) is 0 Å². The Morgan fingerprint density at radius 3 is 2.57 bits per heavy atom. The summed E-state index contributed by atoms with van der Waals surface area (Å²) in [5.41, 5.74) is 1.29. The average Bonchev–Trinajstić information content (AvgIpc) is 2.52. The summed E-state index contributed by atoms with van der Waals surface area (Å²) in [6.07, 6.45) is 4.07. The third-order valence-electron chi connectivity index (χ3n) is 3.89. The molecule has 0 bridgehead atoms. The van der Waals surface area contributed by atoms with Crippen molar-refractivity contribution in [1.82, 2.24) is 5.32 Å². The van der Waals surface area contributed by atoms with Crippen LogP contribution in [-0.2, 0) is 4.74 Å². The third-order valence-corrected chi connectivity index (χ3v) is 3.89. The van der Waals surface area contributed by atoms with Crippen molar-refractivity contribution in [2.24, 2.45) is 5.92 Å². The second kappa shape index (κ2) is 8.40. The van der Waals surface area contributed by atoms with Crippen LogP contribution < -0.4 is 10.1 Å². The molecular formula is C18H29NO2. The van der Waals surface area contributed by atoms with E-state index >= 15 is 0 Å². The zero-order chi connectivity index (χ0) is 15.1. The van der Waals surface area contributed by atoms with Crippen molar-refractivity contribution < 1.29 is 9.47 Å². The van der Waals surface area contributed by atoms with E-state index in [0.717, 1.165) is 25.5 Å². The van der Waals surface area contributed by atoms with Gasteiger partial charge >= 0.3 is 0 Å². The molecule has 0 spiro atoms. The minimum Gasteiger partial charge on any atom is -0.493 e. The molecule has 0 aliphatic carbocycles. The van der Waals surface area contributed by atoms with Gasteiger partial charge in [0.25, 0.3) is 0 Å². The number of nitrogens with one attached hydrogen (secondary N) is 1. The fraction of sp³-hybridized carbons (Fsp3) is 0.667. The van der Waals surface area contributed by atoms with Gasteiger partial charge in [0.1, 0.15) is 5.75 Å². The van der Waals surface area contributed by atoms with Crippen LogP contribution in [0.5, 0.6) is 5.75 Å². The molecule has 0 radical (unpaired) electrons. The van der Waals surface area contributed by atoms with Gasteiger partial charge in [-0.2, -0.15) is 0 Å². The summed E-state index contributed by atoms with van der Waals surface area (Å²) < 4.78 is 11.5. The highest BCUT2D eigenvalue weighted by Crippen LogP contribution is 2.19. The monoisotopic (exact) mass is 291 g/mol. The van der Waals surface area contributed by atoms with Crippen LogP contribution in [-0.4, -0.2) is 25.9 Å². The quantitative estimate of drug-likeness (QED) is 0.825. The van der Waals surface area contributed by atoms with E-state index in [1.54, 1.807) is 0 Å². The first-order valence-electron chi connectivity index (χ1n) is 8.23. The van der Waals surface area contributed by atoms with Crippen molar-refractivity contribution in [2.45, 2.75) is 52.2 Å². The highest BCUT2D eigenvalue weighted by Gasteiger charge is 2.15. The van der Waals surface area contributed by atoms with Gasteiger partial charge in [0.2, 0.25) is 0 Å². The Hall–Kier alpha value is -1.06. The molecule has 0 saturated carbocycles. The van der Waals surface area contributed by atoms with Crippen LogP contribution in [0.15, 0.2) is 24.3 Å². The topological polar surface area (TPSA) is 30.5 Å². The van der Waals surface area contributed by atoms with Crippen molar-refractivity contribution in [2.75, 3.05) is 19.8 Å². The molecule has 21 heavy (non-hydrogen) atoms. The summed E-state index contributed by atoms with van der Waals surface area (Å²) in [5, 5.41) is 3.57. The van der Waals surface area contributed by atoms with Gasteiger partial charge in [-0.25, -0.2) is 0 Å². The molecule has 3 heteroatoms. The molecule has 1 aromatic rings. The summed E-state index contributed by atoms with van der Waals surface area (Å²) in [5.74, 6) is 1.51. The molecule has 0 aromatic heterocycles. The van der Waals surface area contributed by atoms with Crippen LogP contribution in [0.3, 0.4) is 0 Å². The summed E-state index contributed by atoms with van der Waals surface area (Å²) in [6, 6.07) is 8.76. The Kier molecular flexibility index (Phi) is 6.52. The Labute approximate surface area is 129 Å². The van der Waals surface area contributed by atoms with Gasteiger partial charge < -0.3 is 14.8 Å². The van der Waals surface area contributed by atoms with Gasteiger partial charge in [0.05, 0.1) is 12.7 Å². The fourth-order valence-corrected chi connectivity index (χ4v) is 2.51. The molecule has 3 nitrogen and oxygen atoms in total. The standard InChI is InChI=1S/C18H29NO2/c1-14(2)13-21-17-9-7-16(8-10-17)15(3)19-12-18-6-4-5-11-20-18/h7-10,14-15,18-19H,4-6,11-13H2,1-3H3.